The standard InChI is InChI=1S/C19H32O/c1-3-5-7-15-8-10-16(11-9-15)18-13-12-17(6-4-2)19(20)14-18/h14-17H,3-13H2,1-2H3. The number of unbranched alkanes of at least 4 members (excludes halogenated alkanes) is 1. The van der Waals surface area contributed by atoms with Gasteiger partial charge in [0.05, 0.1) is 0 Å². The molecule has 0 aromatic rings. The molecule has 0 N–H and O–H groups in total. The van der Waals surface area contributed by atoms with E-state index in [9.17, 15) is 4.79 Å². The Labute approximate surface area is 125 Å². The van der Waals surface area contributed by atoms with Gasteiger partial charge in [-0.05, 0) is 62.9 Å². The third-order valence-corrected chi connectivity index (χ3v) is 5.49. The lowest BCUT2D eigenvalue weighted by atomic mass is 9.73. The summed E-state index contributed by atoms with van der Waals surface area (Å²) in [6.07, 6.45) is 16.2. The Morgan fingerprint density at radius 3 is 2.35 bits per heavy atom. The lowest BCUT2D eigenvalue weighted by Gasteiger charge is -2.32. The molecule has 0 bridgehead atoms. The first kappa shape index (κ1) is 15.8. The van der Waals surface area contributed by atoms with E-state index in [2.05, 4.69) is 13.8 Å². The van der Waals surface area contributed by atoms with E-state index in [1.54, 1.807) is 0 Å². The lowest BCUT2D eigenvalue weighted by Crippen LogP contribution is -2.23. The topological polar surface area (TPSA) is 17.1 Å². The molecule has 1 atom stereocenters. The van der Waals surface area contributed by atoms with Crippen LogP contribution in [0, 0.1) is 17.8 Å². The average Bonchev–Trinajstić information content (AvgIpc) is 2.48. The molecule has 2 aliphatic carbocycles. The number of hydrogen-bond acceptors (Lipinski definition) is 1. The first-order valence-electron chi connectivity index (χ1n) is 8.98. The van der Waals surface area contributed by atoms with Crippen molar-refractivity contribution in [2.45, 2.75) is 84.5 Å². The van der Waals surface area contributed by atoms with Crippen LogP contribution in [0.4, 0.5) is 0 Å². The van der Waals surface area contributed by atoms with Crippen LogP contribution in [0.5, 0.6) is 0 Å². The zero-order chi connectivity index (χ0) is 14.4. The van der Waals surface area contributed by atoms with Crippen LogP contribution in [0.15, 0.2) is 11.6 Å². The molecule has 0 aromatic heterocycles. The van der Waals surface area contributed by atoms with E-state index in [1.807, 2.05) is 6.08 Å². The summed E-state index contributed by atoms with van der Waals surface area (Å²) in [6, 6.07) is 0. The van der Waals surface area contributed by atoms with Crippen LogP contribution in [0.25, 0.3) is 0 Å². The van der Waals surface area contributed by atoms with Gasteiger partial charge in [0.2, 0.25) is 0 Å². The van der Waals surface area contributed by atoms with Gasteiger partial charge in [-0.1, -0.05) is 45.1 Å². The Kier molecular flexibility index (Phi) is 6.32. The van der Waals surface area contributed by atoms with Gasteiger partial charge < -0.3 is 0 Å². The normalized spacial score (nSPS) is 31.2. The van der Waals surface area contributed by atoms with Crippen molar-refractivity contribution in [1.29, 1.82) is 0 Å². The molecule has 0 spiro atoms. The summed E-state index contributed by atoms with van der Waals surface area (Å²) in [5.74, 6) is 2.48. The van der Waals surface area contributed by atoms with Crippen LogP contribution in [-0.2, 0) is 4.79 Å². The molecule has 1 saturated carbocycles. The van der Waals surface area contributed by atoms with Crippen molar-refractivity contribution in [3.05, 3.63) is 11.6 Å². The van der Waals surface area contributed by atoms with Gasteiger partial charge in [-0.15, -0.1) is 0 Å². The van der Waals surface area contributed by atoms with Crippen LogP contribution in [0.3, 0.4) is 0 Å². The fourth-order valence-electron chi connectivity index (χ4n) is 4.13. The average molecular weight is 276 g/mol. The second kappa shape index (κ2) is 8.00. The zero-order valence-corrected chi connectivity index (χ0v) is 13.5. The molecule has 20 heavy (non-hydrogen) atoms. The molecule has 0 radical (unpaired) electrons. The van der Waals surface area contributed by atoms with Crippen molar-refractivity contribution < 1.29 is 4.79 Å². The second-order valence-electron chi connectivity index (χ2n) is 7.01. The largest absolute Gasteiger partial charge is 0.295 e. The van der Waals surface area contributed by atoms with Gasteiger partial charge in [-0.3, -0.25) is 4.79 Å². The van der Waals surface area contributed by atoms with E-state index in [-0.39, 0.29) is 0 Å². The van der Waals surface area contributed by atoms with Crippen molar-refractivity contribution in [1.82, 2.24) is 0 Å². The number of allylic oxidation sites excluding steroid dienone is 2. The summed E-state index contributed by atoms with van der Waals surface area (Å²) in [6.45, 7) is 4.47. The predicted octanol–water partition coefficient (Wildman–Crippen LogP) is 5.69. The molecule has 0 saturated heterocycles. The van der Waals surface area contributed by atoms with Crippen LogP contribution < -0.4 is 0 Å². The highest BCUT2D eigenvalue weighted by Crippen LogP contribution is 2.39. The maximum absolute atomic E-state index is 12.2. The molecular weight excluding hydrogens is 244 g/mol. The molecule has 1 nitrogen and oxygen atoms in total. The third kappa shape index (κ3) is 4.20. The van der Waals surface area contributed by atoms with E-state index in [0.717, 1.165) is 31.1 Å². The Morgan fingerprint density at radius 2 is 1.75 bits per heavy atom. The minimum absolute atomic E-state index is 0.338. The number of carbonyl (C=O) groups excluding carboxylic acids is 1. The SMILES string of the molecule is CCCCC1CCC(C2=CC(=O)C(CCC)CC2)CC1. The summed E-state index contributed by atoms with van der Waals surface area (Å²) in [7, 11) is 0. The van der Waals surface area contributed by atoms with Gasteiger partial charge in [0.15, 0.2) is 5.78 Å². The molecule has 0 heterocycles. The molecule has 1 fully saturated rings. The van der Waals surface area contributed by atoms with E-state index in [0.29, 0.717) is 11.7 Å². The molecule has 2 rings (SSSR count). The number of hydrogen-bond donors (Lipinski definition) is 0. The summed E-state index contributed by atoms with van der Waals surface area (Å²) in [4.78, 5) is 12.2. The quantitative estimate of drug-likeness (QED) is 0.609. The minimum atomic E-state index is 0.338. The van der Waals surface area contributed by atoms with E-state index < -0.39 is 0 Å². The minimum Gasteiger partial charge on any atom is -0.295 e. The van der Waals surface area contributed by atoms with Gasteiger partial charge in [0.1, 0.15) is 0 Å². The van der Waals surface area contributed by atoms with Crippen LogP contribution in [-0.4, -0.2) is 5.78 Å². The maximum Gasteiger partial charge on any atom is 0.158 e. The highest BCUT2D eigenvalue weighted by Gasteiger charge is 2.28. The van der Waals surface area contributed by atoms with Crippen LogP contribution >= 0.6 is 0 Å². The lowest BCUT2D eigenvalue weighted by molar-refractivity contribution is -0.119. The van der Waals surface area contributed by atoms with E-state index >= 15 is 0 Å². The molecule has 1 unspecified atom stereocenters. The Hall–Kier alpha value is -0.590. The highest BCUT2D eigenvalue weighted by molar-refractivity contribution is 5.93. The Balaban J connectivity index is 1.82. The number of rotatable bonds is 6. The predicted molar refractivity (Wildman–Crippen MR) is 85.7 cm³/mol. The van der Waals surface area contributed by atoms with Gasteiger partial charge in [0.25, 0.3) is 0 Å². The smallest absolute Gasteiger partial charge is 0.158 e. The molecule has 114 valence electrons. The molecule has 1 heteroatoms. The van der Waals surface area contributed by atoms with Crippen LogP contribution in [0.1, 0.15) is 84.5 Å². The third-order valence-electron chi connectivity index (χ3n) is 5.49. The summed E-state index contributed by atoms with van der Waals surface area (Å²) in [5.41, 5.74) is 1.50. The Morgan fingerprint density at radius 1 is 1.00 bits per heavy atom. The summed E-state index contributed by atoms with van der Waals surface area (Å²) in [5, 5.41) is 0. The molecule has 0 aliphatic heterocycles. The summed E-state index contributed by atoms with van der Waals surface area (Å²) >= 11 is 0. The van der Waals surface area contributed by atoms with Gasteiger partial charge >= 0.3 is 0 Å². The van der Waals surface area contributed by atoms with E-state index in [4.69, 9.17) is 0 Å². The molecule has 0 aromatic carbocycles. The highest BCUT2D eigenvalue weighted by atomic mass is 16.1. The number of ketones is 1. The van der Waals surface area contributed by atoms with Crippen molar-refractivity contribution in [2.24, 2.45) is 17.8 Å². The van der Waals surface area contributed by atoms with Crippen molar-refractivity contribution in [3.8, 4) is 0 Å². The van der Waals surface area contributed by atoms with Gasteiger partial charge in [-0.2, -0.15) is 0 Å². The first-order chi connectivity index (χ1) is 9.74. The van der Waals surface area contributed by atoms with E-state index in [1.165, 1.54) is 56.9 Å². The fraction of sp³-hybridized carbons (Fsp3) is 0.842. The fourth-order valence-corrected chi connectivity index (χ4v) is 4.13. The summed E-state index contributed by atoms with van der Waals surface area (Å²) < 4.78 is 0. The first-order valence-corrected chi connectivity index (χ1v) is 8.98. The zero-order valence-electron chi connectivity index (χ0n) is 13.5. The second-order valence-corrected chi connectivity index (χ2v) is 7.01. The maximum atomic E-state index is 12.2. The van der Waals surface area contributed by atoms with Gasteiger partial charge in [-0.25, -0.2) is 0 Å². The van der Waals surface area contributed by atoms with Crippen LogP contribution in [0.2, 0.25) is 0 Å². The molecule has 2 aliphatic rings. The Bertz CT molecular complexity index is 334. The van der Waals surface area contributed by atoms with Crippen molar-refractivity contribution >= 4 is 5.78 Å². The monoisotopic (exact) mass is 276 g/mol. The van der Waals surface area contributed by atoms with Crippen molar-refractivity contribution in [3.63, 3.8) is 0 Å². The number of carbonyl (C=O) groups is 1. The van der Waals surface area contributed by atoms with Crippen molar-refractivity contribution in [2.75, 3.05) is 0 Å². The molecule has 0 amide bonds. The molecular formula is C19H32O. The van der Waals surface area contributed by atoms with Gasteiger partial charge in [0, 0.05) is 5.92 Å².